The molecule has 0 radical (unpaired) electrons. The fourth-order valence-corrected chi connectivity index (χ4v) is 3.81. The summed E-state index contributed by atoms with van der Waals surface area (Å²) in [7, 11) is 0. The summed E-state index contributed by atoms with van der Waals surface area (Å²) in [5, 5.41) is 0.408. The molecule has 0 spiro atoms. The van der Waals surface area contributed by atoms with Gasteiger partial charge in [0.2, 0.25) is 0 Å². The number of benzene rings is 1. The van der Waals surface area contributed by atoms with Crippen LogP contribution >= 0.6 is 11.6 Å². The van der Waals surface area contributed by atoms with Gasteiger partial charge < -0.3 is 9.72 Å². The Morgan fingerprint density at radius 3 is 2.82 bits per heavy atom. The molecule has 4 rings (SSSR count). The van der Waals surface area contributed by atoms with E-state index < -0.39 is 17.7 Å². The SMILES string of the molecule is CC(C)(C)OC(=O)N1CCc2c([nH]c3ccc(Cl)nc23)C1c1cccc(F)c1. The Morgan fingerprint density at radius 1 is 1.32 bits per heavy atom. The smallest absolute Gasteiger partial charge is 0.411 e. The molecular formula is C21H21ClFN3O2. The summed E-state index contributed by atoms with van der Waals surface area (Å²) in [6.45, 7) is 5.91. The van der Waals surface area contributed by atoms with Crippen LogP contribution in [-0.2, 0) is 11.2 Å². The normalized spacial score (nSPS) is 16.9. The highest BCUT2D eigenvalue weighted by Gasteiger charge is 2.37. The number of fused-ring (bicyclic) bond motifs is 3. The first-order valence-electron chi connectivity index (χ1n) is 9.15. The number of rotatable bonds is 1. The van der Waals surface area contributed by atoms with Gasteiger partial charge >= 0.3 is 6.09 Å². The second kappa shape index (κ2) is 6.78. The van der Waals surface area contributed by atoms with Crippen molar-refractivity contribution in [3.63, 3.8) is 0 Å². The van der Waals surface area contributed by atoms with Gasteiger partial charge in [0.1, 0.15) is 22.6 Å². The quantitative estimate of drug-likeness (QED) is 0.567. The highest BCUT2D eigenvalue weighted by molar-refractivity contribution is 6.29. The van der Waals surface area contributed by atoms with Gasteiger partial charge in [-0.25, -0.2) is 14.2 Å². The molecule has 1 unspecified atom stereocenters. The second-order valence-electron chi connectivity index (χ2n) is 7.93. The minimum Gasteiger partial charge on any atom is -0.444 e. The number of amides is 1. The molecule has 1 aliphatic rings. The molecule has 0 fully saturated rings. The Morgan fingerprint density at radius 2 is 2.11 bits per heavy atom. The minimum atomic E-state index is -0.626. The van der Waals surface area contributed by atoms with Crippen LogP contribution in [0.1, 0.15) is 43.6 Å². The Kier molecular flexibility index (Phi) is 4.54. The molecule has 3 aromatic rings. The number of H-pyrrole nitrogens is 1. The van der Waals surface area contributed by atoms with Crippen molar-refractivity contribution in [1.82, 2.24) is 14.9 Å². The maximum Gasteiger partial charge on any atom is 0.411 e. The van der Waals surface area contributed by atoms with Crippen molar-refractivity contribution < 1.29 is 13.9 Å². The van der Waals surface area contributed by atoms with Crippen LogP contribution in [0.4, 0.5) is 9.18 Å². The number of nitrogens with zero attached hydrogens (tertiary/aromatic N) is 2. The van der Waals surface area contributed by atoms with E-state index in [0.717, 1.165) is 22.3 Å². The summed E-state index contributed by atoms with van der Waals surface area (Å²) in [5.41, 5.74) is 3.47. The lowest BCUT2D eigenvalue weighted by Crippen LogP contribution is -2.43. The van der Waals surface area contributed by atoms with Crippen molar-refractivity contribution in [2.24, 2.45) is 0 Å². The summed E-state index contributed by atoms with van der Waals surface area (Å²) in [4.78, 5) is 22.4. The highest BCUT2D eigenvalue weighted by atomic mass is 35.5. The van der Waals surface area contributed by atoms with Gasteiger partial charge in [-0.3, -0.25) is 4.90 Å². The number of halogens is 2. The number of aromatic amines is 1. The van der Waals surface area contributed by atoms with Gasteiger partial charge in [0.25, 0.3) is 0 Å². The molecule has 5 nitrogen and oxygen atoms in total. The van der Waals surface area contributed by atoms with Crippen molar-refractivity contribution >= 4 is 28.7 Å². The third-order valence-corrected chi connectivity index (χ3v) is 4.93. The molecule has 1 atom stereocenters. The number of carbonyl (C=O) groups excluding carboxylic acids is 1. The number of aromatic nitrogens is 2. The molecule has 1 aliphatic heterocycles. The van der Waals surface area contributed by atoms with Crippen molar-refractivity contribution in [3.8, 4) is 0 Å². The van der Waals surface area contributed by atoms with Crippen LogP contribution in [0.2, 0.25) is 5.15 Å². The zero-order chi connectivity index (χ0) is 20.1. The first-order chi connectivity index (χ1) is 13.2. The van der Waals surface area contributed by atoms with E-state index in [9.17, 15) is 9.18 Å². The van der Waals surface area contributed by atoms with E-state index in [1.165, 1.54) is 12.1 Å². The third-order valence-electron chi connectivity index (χ3n) is 4.72. The van der Waals surface area contributed by atoms with Crippen LogP contribution in [0.5, 0.6) is 0 Å². The van der Waals surface area contributed by atoms with Gasteiger partial charge in [0.05, 0.1) is 11.0 Å². The van der Waals surface area contributed by atoms with Crippen molar-refractivity contribution in [2.75, 3.05) is 6.54 Å². The van der Waals surface area contributed by atoms with Crippen LogP contribution < -0.4 is 0 Å². The molecule has 1 aromatic carbocycles. The van der Waals surface area contributed by atoms with E-state index in [0.29, 0.717) is 23.7 Å². The minimum absolute atomic E-state index is 0.356. The van der Waals surface area contributed by atoms with Crippen LogP contribution in [0.25, 0.3) is 11.0 Å². The molecular weight excluding hydrogens is 381 g/mol. The zero-order valence-corrected chi connectivity index (χ0v) is 16.7. The largest absolute Gasteiger partial charge is 0.444 e. The van der Waals surface area contributed by atoms with Crippen molar-refractivity contribution in [2.45, 2.75) is 38.8 Å². The van der Waals surface area contributed by atoms with E-state index in [2.05, 4.69) is 9.97 Å². The summed E-state index contributed by atoms with van der Waals surface area (Å²) >= 11 is 6.08. The Hall–Kier alpha value is -2.60. The molecule has 2 aromatic heterocycles. The molecule has 1 amide bonds. The van der Waals surface area contributed by atoms with Gasteiger partial charge in [-0.2, -0.15) is 0 Å². The molecule has 7 heteroatoms. The predicted octanol–water partition coefficient (Wildman–Crippen LogP) is 5.24. The molecule has 0 aliphatic carbocycles. The summed E-state index contributed by atoms with van der Waals surface area (Å²) in [6.07, 6.45) is 0.172. The fourth-order valence-electron chi connectivity index (χ4n) is 3.66. The average molecular weight is 402 g/mol. The predicted molar refractivity (Wildman–Crippen MR) is 106 cm³/mol. The lowest BCUT2D eigenvalue weighted by molar-refractivity contribution is 0.0175. The first-order valence-corrected chi connectivity index (χ1v) is 9.53. The number of pyridine rings is 1. The van der Waals surface area contributed by atoms with E-state index in [1.54, 1.807) is 17.0 Å². The van der Waals surface area contributed by atoms with Gasteiger partial charge in [0.15, 0.2) is 0 Å². The first kappa shape index (κ1) is 18.7. The number of ether oxygens (including phenoxy) is 1. The van der Waals surface area contributed by atoms with E-state index in [1.807, 2.05) is 32.9 Å². The Labute approximate surface area is 167 Å². The zero-order valence-electron chi connectivity index (χ0n) is 15.9. The molecule has 146 valence electrons. The maximum absolute atomic E-state index is 14.0. The van der Waals surface area contributed by atoms with E-state index in [4.69, 9.17) is 16.3 Å². The number of hydrogen-bond donors (Lipinski definition) is 1. The molecule has 28 heavy (non-hydrogen) atoms. The van der Waals surface area contributed by atoms with Gasteiger partial charge in [0, 0.05) is 17.8 Å². The lowest BCUT2D eigenvalue weighted by Gasteiger charge is -2.37. The van der Waals surface area contributed by atoms with E-state index in [-0.39, 0.29) is 5.82 Å². The Balaban J connectivity index is 1.86. The number of nitrogens with one attached hydrogen (secondary N) is 1. The summed E-state index contributed by atoms with van der Waals surface area (Å²) in [6, 6.07) is 9.37. The molecule has 0 saturated carbocycles. The lowest BCUT2D eigenvalue weighted by atomic mass is 9.93. The molecule has 3 heterocycles. The monoisotopic (exact) mass is 401 g/mol. The topological polar surface area (TPSA) is 58.2 Å². The van der Waals surface area contributed by atoms with Gasteiger partial charge in [-0.05, 0) is 57.0 Å². The number of hydrogen-bond acceptors (Lipinski definition) is 3. The molecule has 1 N–H and O–H groups in total. The maximum atomic E-state index is 14.0. The third kappa shape index (κ3) is 3.44. The summed E-state index contributed by atoms with van der Waals surface area (Å²) < 4.78 is 19.6. The summed E-state index contributed by atoms with van der Waals surface area (Å²) in [5.74, 6) is -0.356. The van der Waals surface area contributed by atoms with Gasteiger partial charge in [-0.15, -0.1) is 0 Å². The average Bonchev–Trinajstić information content (AvgIpc) is 2.97. The standard InChI is InChI=1S/C21H21ClFN3O2/c1-21(2,3)28-20(27)26-10-9-14-17-15(7-8-16(22)25-17)24-18(14)19(26)12-5-4-6-13(23)11-12/h4-8,11,19,24H,9-10H2,1-3H3. The van der Waals surface area contributed by atoms with Crippen molar-refractivity contribution in [3.05, 3.63) is 64.2 Å². The van der Waals surface area contributed by atoms with Crippen LogP contribution in [-0.4, -0.2) is 33.1 Å². The second-order valence-corrected chi connectivity index (χ2v) is 8.32. The van der Waals surface area contributed by atoms with E-state index >= 15 is 0 Å². The highest BCUT2D eigenvalue weighted by Crippen LogP contribution is 2.39. The van der Waals surface area contributed by atoms with Crippen molar-refractivity contribution in [1.29, 1.82) is 0 Å². The van der Waals surface area contributed by atoms with Crippen LogP contribution in [0.3, 0.4) is 0 Å². The molecule has 0 bridgehead atoms. The fraction of sp³-hybridized carbons (Fsp3) is 0.333. The van der Waals surface area contributed by atoms with Crippen LogP contribution in [0, 0.1) is 5.82 Å². The molecule has 0 saturated heterocycles. The van der Waals surface area contributed by atoms with Crippen LogP contribution in [0.15, 0.2) is 36.4 Å². The van der Waals surface area contributed by atoms with Gasteiger partial charge in [-0.1, -0.05) is 23.7 Å². The Bertz CT molecular complexity index is 1060. The number of carbonyl (C=O) groups is 1.